The van der Waals surface area contributed by atoms with E-state index in [0.717, 1.165) is 18.4 Å². The van der Waals surface area contributed by atoms with Crippen molar-refractivity contribution in [2.75, 3.05) is 12.8 Å². The zero-order valence-electron chi connectivity index (χ0n) is 8.03. The highest BCUT2D eigenvalue weighted by Gasteiger charge is 2.15. The van der Waals surface area contributed by atoms with Crippen LogP contribution in [0.4, 0.5) is 4.39 Å². The number of benzene rings is 1. The van der Waals surface area contributed by atoms with Gasteiger partial charge in [-0.3, -0.25) is 4.79 Å². The van der Waals surface area contributed by atoms with Gasteiger partial charge >= 0.3 is 0 Å². The Hall–Kier alpha value is -1.27. The van der Waals surface area contributed by atoms with E-state index in [2.05, 4.69) is 0 Å². The van der Waals surface area contributed by atoms with E-state index in [9.17, 15) is 17.6 Å². The second-order valence-corrected chi connectivity index (χ2v) is 5.03. The standard InChI is InChI=1S/C9H10FNO3S/c1-15(13,14)9-3-2-6(4-7(9)10)8(12)5-11/h2-4H,5,11H2,1H3. The van der Waals surface area contributed by atoms with Gasteiger partial charge in [0.2, 0.25) is 0 Å². The molecule has 0 unspecified atom stereocenters. The number of carbonyl (C=O) groups is 1. The third-order valence-corrected chi connectivity index (χ3v) is 2.97. The molecule has 0 aliphatic rings. The molecule has 0 radical (unpaired) electrons. The average molecular weight is 231 g/mol. The second-order valence-electron chi connectivity index (χ2n) is 3.04. The predicted molar refractivity (Wildman–Crippen MR) is 52.9 cm³/mol. The molecular weight excluding hydrogens is 221 g/mol. The lowest BCUT2D eigenvalue weighted by atomic mass is 10.1. The summed E-state index contributed by atoms with van der Waals surface area (Å²) in [5.74, 6) is -1.37. The van der Waals surface area contributed by atoms with Gasteiger partial charge in [0.15, 0.2) is 15.6 Å². The fourth-order valence-electron chi connectivity index (χ4n) is 1.09. The van der Waals surface area contributed by atoms with Gasteiger partial charge < -0.3 is 5.73 Å². The van der Waals surface area contributed by atoms with Gasteiger partial charge in [-0.05, 0) is 18.2 Å². The molecule has 0 aliphatic heterocycles. The third kappa shape index (κ3) is 2.60. The van der Waals surface area contributed by atoms with Crippen LogP contribution in [-0.2, 0) is 9.84 Å². The van der Waals surface area contributed by atoms with Crippen molar-refractivity contribution in [3.05, 3.63) is 29.6 Å². The molecule has 4 nitrogen and oxygen atoms in total. The van der Waals surface area contributed by atoms with Crippen LogP contribution in [-0.4, -0.2) is 27.0 Å². The Labute approximate surface area is 86.8 Å². The summed E-state index contributed by atoms with van der Waals surface area (Å²) in [5.41, 5.74) is 5.16. The summed E-state index contributed by atoms with van der Waals surface area (Å²) in [6, 6.07) is 3.19. The van der Waals surface area contributed by atoms with E-state index < -0.39 is 26.3 Å². The van der Waals surface area contributed by atoms with E-state index in [-0.39, 0.29) is 12.1 Å². The minimum absolute atomic E-state index is 0.0717. The molecule has 0 saturated heterocycles. The molecule has 0 spiro atoms. The van der Waals surface area contributed by atoms with E-state index in [4.69, 9.17) is 5.73 Å². The number of sulfone groups is 1. The molecule has 0 fully saturated rings. The topological polar surface area (TPSA) is 77.2 Å². The maximum Gasteiger partial charge on any atom is 0.178 e. The summed E-state index contributed by atoms with van der Waals surface area (Å²) in [6.07, 6.45) is 0.899. The Morgan fingerprint density at radius 1 is 1.47 bits per heavy atom. The van der Waals surface area contributed by atoms with Crippen molar-refractivity contribution in [1.82, 2.24) is 0 Å². The van der Waals surface area contributed by atoms with Gasteiger partial charge in [-0.25, -0.2) is 12.8 Å². The van der Waals surface area contributed by atoms with Gasteiger partial charge in [-0.1, -0.05) is 0 Å². The molecule has 1 aromatic rings. The number of hydrogen-bond donors (Lipinski definition) is 1. The van der Waals surface area contributed by atoms with Gasteiger partial charge in [0.1, 0.15) is 10.7 Å². The monoisotopic (exact) mass is 231 g/mol. The van der Waals surface area contributed by atoms with Crippen molar-refractivity contribution in [3.8, 4) is 0 Å². The highest BCUT2D eigenvalue weighted by atomic mass is 32.2. The zero-order chi connectivity index (χ0) is 11.6. The lowest BCUT2D eigenvalue weighted by Crippen LogP contribution is -2.14. The van der Waals surface area contributed by atoms with Crippen LogP contribution in [0.15, 0.2) is 23.1 Å². The summed E-state index contributed by atoms with van der Waals surface area (Å²) < 4.78 is 35.4. The molecule has 1 rings (SSSR count). The smallest absolute Gasteiger partial charge is 0.178 e. The van der Waals surface area contributed by atoms with Crippen molar-refractivity contribution in [2.45, 2.75) is 4.90 Å². The van der Waals surface area contributed by atoms with Crippen LogP contribution in [0.3, 0.4) is 0 Å². The number of Topliss-reactive ketones (excluding diaryl/α,β-unsaturated/α-hetero) is 1. The first-order valence-corrected chi connectivity index (χ1v) is 5.98. The molecule has 2 N–H and O–H groups in total. The van der Waals surface area contributed by atoms with E-state index in [1.165, 1.54) is 6.07 Å². The maximum atomic E-state index is 13.3. The normalized spacial score (nSPS) is 11.4. The molecule has 0 bridgehead atoms. The number of carbonyl (C=O) groups excluding carboxylic acids is 1. The van der Waals surface area contributed by atoms with E-state index in [1.54, 1.807) is 0 Å². The molecule has 0 atom stereocenters. The lowest BCUT2D eigenvalue weighted by Gasteiger charge is -2.02. The summed E-state index contributed by atoms with van der Waals surface area (Å²) >= 11 is 0. The first-order valence-electron chi connectivity index (χ1n) is 4.09. The van der Waals surface area contributed by atoms with Crippen LogP contribution in [0, 0.1) is 5.82 Å². The third-order valence-electron chi connectivity index (χ3n) is 1.84. The van der Waals surface area contributed by atoms with Crippen molar-refractivity contribution in [1.29, 1.82) is 0 Å². The molecule has 82 valence electrons. The quantitative estimate of drug-likeness (QED) is 0.762. The van der Waals surface area contributed by atoms with Crippen LogP contribution in [0.25, 0.3) is 0 Å². The Balaban J connectivity index is 3.27. The van der Waals surface area contributed by atoms with Crippen molar-refractivity contribution in [2.24, 2.45) is 5.73 Å². The largest absolute Gasteiger partial charge is 0.324 e. The molecule has 0 heterocycles. The average Bonchev–Trinajstić information content (AvgIpc) is 2.14. The molecule has 0 aliphatic carbocycles. The first-order chi connectivity index (χ1) is 6.86. The number of halogens is 1. The molecule has 6 heteroatoms. The zero-order valence-corrected chi connectivity index (χ0v) is 8.84. The minimum Gasteiger partial charge on any atom is -0.324 e. The van der Waals surface area contributed by atoms with Gasteiger partial charge in [-0.2, -0.15) is 0 Å². The van der Waals surface area contributed by atoms with E-state index in [1.807, 2.05) is 0 Å². The maximum absolute atomic E-state index is 13.3. The van der Waals surface area contributed by atoms with Crippen molar-refractivity contribution < 1.29 is 17.6 Å². The number of ketones is 1. The highest BCUT2D eigenvalue weighted by Crippen LogP contribution is 2.15. The fraction of sp³-hybridized carbons (Fsp3) is 0.222. The van der Waals surface area contributed by atoms with Gasteiger partial charge in [0.05, 0.1) is 6.54 Å². The highest BCUT2D eigenvalue weighted by molar-refractivity contribution is 7.90. The van der Waals surface area contributed by atoms with Crippen LogP contribution in [0.2, 0.25) is 0 Å². The van der Waals surface area contributed by atoms with Gasteiger partial charge in [0, 0.05) is 11.8 Å². The Bertz CT molecular complexity index is 496. The number of hydrogen-bond acceptors (Lipinski definition) is 4. The van der Waals surface area contributed by atoms with Gasteiger partial charge in [0.25, 0.3) is 0 Å². The number of rotatable bonds is 3. The lowest BCUT2D eigenvalue weighted by molar-refractivity contribution is 0.100. The van der Waals surface area contributed by atoms with Crippen LogP contribution >= 0.6 is 0 Å². The Morgan fingerprint density at radius 2 is 2.07 bits per heavy atom. The summed E-state index contributed by atoms with van der Waals surface area (Å²) in [7, 11) is -3.60. The summed E-state index contributed by atoms with van der Waals surface area (Å²) in [6.45, 7) is -0.238. The van der Waals surface area contributed by atoms with Crippen LogP contribution < -0.4 is 5.73 Å². The second kappa shape index (κ2) is 4.08. The van der Waals surface area contributed by atoms with Crippen molar-refractivity contribution >= 4 is 15.6 Å². The fourth-order valence-corrected chi connectivity index (χ4v) is 1.82. The van der Waals surface area contributed by atoms with Crippen LogP contribution in [0.1, 0.15) is 10.4 Å². The summed E-state index contributed by atoms with van der Waals surface area (Å²) in [4.78, 5) is 10.7. The molecule has 15 heavy (non-hydrogen) atoms. The van der Waals surface area contributed by atoms with E-state index in [0.29, 0.717) is 0 Å². The minimum atomic E-state index is -3.60. The predicted octanol–water partition coefficient (Wildman–Crippen LogP) is 0.371. The molecular formula is C9H10FNO3S. The van der Waals surface area contributed by atoms with Crippen molar-refractivity contribution in [3.63, 3.8) is 0 Å². The first kappa shape index (κ1) is 11.8. The van der Waals surface area contributed by atoms with E-state index >= 15 is 0 Å². The summed E-state index contributed by atoms with van der Waals surface area (Å²) in [5, 5.41) is 0. The van der Waals surface area contributed by atoms with Gasteiger partial charge in [-0.15, -0.1) is 0 Å². The Morgan fingerprint density at radius 3 is 2.47 bits per heavy atom. The molecule has 0 saturated carbocycles. The Kier molecular flexibility index (Phi) is 3.21. The van der Waals surface area contributed by atoms with Crippen LogP contribution in [0.5, 0.6) is 0 Å². The number of nitrogens with two attached hydrogens (primary N) is 1. The SMILES string of the molecule is CS(=O)(=O)c1ccc(C(=O)CN)cc1F. The molecule has 1 aromatic carbocycles. The molecule has 0 aromatic heterocycles. The molecule has 0 amide bonds.